The Morgan fingerprint density at radius 3 is 2.33 bits per heavy atom. The van der Waals surface area contributed by atoms with Crippen molar-refractivity contribution in [3.05, 3.63) is 0 Å². The molecule has 0 saturated heterocycles. The van der Waals surface area contributed by atoms with Gasteiger partial charge in [0.1, 0.15) is 0 Å². The minimum atomic E-state index is 0.693. The highest BCUT2D eigenvalue weighted by atomic mass is 14.6. The zero-order chi connectivity index (χ0) is 18.8. The molecule has 5 aliphatic carbocycles. The molecule has 0 heteroatoms. The van der Waals surface area contributed by atoms with Crippen molar-refractivity contribution in [2.24, 2.45) is 58.2 Å². The van der Waals surface area contributed by atoms with Crippen LogP contribution in [0, 0.1) is 58.2 Å². The van der Waals surface area contributed by atoms with E-state index in [-0.39, 0.29) is 0 Å². The molecule has 27 heavy (non-hydrogen) atoms. The van der Waals surface area contributed by atoms with Crippen LogP contribution in [-0.4, -0.2) is 0 Å². The summed E-state index contributed by atoms with van der Waals surface area (Å²) in [4.78, 5) is 0. The van der Waals surface area contributed by atoms with Gasteiger partial charge in [0, 0.05) is 0 Å². The molecule has 1 unspecified atom stereocenters. The Morgan fingerprint density at radius 1 is 0.815 bits per heavy atom. The van der Waals surface area contributed by atoms with Crippen molar-refractivity contribution < 1.29 is 0 Å². The van der Waals surface area contributed by atoms with E-state index in [0.29, 0.717) is 10.8 Å². The highest BCUT2D eigenvalue weighted by Crippen LogP contribution is 2.66. The number of rotatable bonds is 4. The molecule has 5 rings (SSSR count). The summed E-state index contributed by atoms with van der Waals surface area (Å²) in [6.07, 6.45) is 20.3. The second-order valence-electron chi connectivity index (χ2n) is 12.8. The number of hydrogen-bond acceptors (Lipinski definition) is 0. The molecule has 0 heterocycles. The van der Waals surface area contributed by atoms with E-state index >= 15 is 0 Å². The normalized spacial score (nSPS) is 53.3. The summed E-state index contributed by atoms with van der Waals surface area (Å²) in [5.41, 5.74) is 1.41. The Hall–Kier alpha value is 0. The maximum Gasteiger partial charge on any atom is -0.0264 e. The van der Waals surface area contributed by atoms with Gasteiger partial charge in [-0.2, -0.15) is 0 Å². The van der Waals surface area contributed by atoms with E-state index in [2.05, 4.69) is 27.7 Å². The fourth-order valence-corrected chi connectivity index (χ4v) is 9.65. The quantitative estimate of drug-likeness (QED) is 0.469. The van der Waals surface area contributed by atoms with E-state index in [4.69, 9.17) is 0 Å². The number of fused-ring (bicyclic) bond motifs is 5. The summed E-state index contributed by atoms with van der Waals surface area (Å²) in [6, 6.07) is 0. The molecule has 0 aromatic heterocycles. The zero-order valence-corrected chi connectivity index (χ0v) is 18.8. The van der Waals surface area contributed by atoms with Crippen LogP contribution in [0.1, 0.15) is 111 Å². The Balaban J connectivity index is 1.30. The third-order valence-corrected chi connectivity index (χ3v) is 11.2. The minimum Gasteiger partial charge on any atom is -0.0651 e. The van der Waals surface area contributed by atoms with E-state index in [9.17, 15) is 0 Å². The van der Waals surface area contributed by atoms with Crippen LogP contribution in [0.25, 0.3) is 0 Å². The minimum absolute atomic E-state index is 0.693. The van der Waals surface area contributed by atoms with E-state index in [1.165, 1.54) is 6.42 Å². The van der Waals surface area contributed by atoms with Gasteiger partial charge in [-0.05, 0) is 122 Å². The maximum atomic E-state index is 2.73. The van der Waals surface area contributed by atoms with Crippen LogP contribution in [0.15, 0.2) is 0 Å². The van der Waals surface area contributed by atoms with E-state index in [1.54, 1.807) is 77.0 Å². The van der Waals surface area contributed by atoms with E-state index < -0.39 is 0 Å². The van der Waals surface area contributed by atoms with Gasteiger partial charge in [0.05, 0.1) is 0 Å². The predicted octanol–water partition coefficient (Wildman–Crippen LogP) is 8.11. The lowest BCUT2D eigenvalue weighted by molar-refractivity contribution is -0.0841. The summed E-state index contributed by atoms with van der Waals surface area (Å²) < 4.78 is 0. The molecule has 0 N–H and O–H groups in total. The molecule has 0 spiro atoms. The predicted molar refractivity (Wildman–Crippen MR) is 116 cm³/mol. The second kappa shape index (κ2) is 6.77. The van der Waals surface area contributed by atoms with Crippen molar-refractivity contribution in [3.8, 4) is 0 Å². The van der Waals surface area contributed by atoms with Gasteiger partial charge in [-0.3, -0.25) is 0 Å². The van der Waals surface area contributed by atoms with Crippen molar-refractivity contribution in [2.75, 3.05) is 0 Å². The lowest BCUT2D eigenvalue weighted by atomic mass is 9.47. The molecule has 5 fully saturated rings. The van der Waals surface area contributed by atoms with Crippen LogP contribution in [0.3, 0.4) is 0 Å². The Kier molecular flexibility index (Phi) is 4.76. The van der Waals surface area contributed by atoms with Crippen LogP contribution < -0.4 is 0 Å². The summed E-state index contributed by atoms with van der Waals surface area (Å²) >= 11 is 0. The van der Waals surface area contributed by atoms with Crippen LogP contribution in [-0.2, 0) is 0 Å². The van der Waals surface area contributed by atoms with Crippen molar-refractivity contribution in [1.82, 2.24) is 0 Å². The first-order valence-corrected chi connectivity index (χ1v) is 12.9. The fourth-order valence-electron chi connectivity index (χ4n) is 9.65. The Morgan fingerprint density at radius 2 is 1.59 bits per heavy atom. The first kappa shape index (κ1) is 19.0. The van der Waals surface area contributed by atoms with Crippen LogP contribution in [0.5, 0.6) is 0 Å². The van der Waals surface area contributed by atoms with Gasteiger partial charge in [-0.25, -0.2) is 0 Å². The molecule has 0 radical (unpaired) electrons. The third-order valence-electron chi connectivity index (χ3n) is 11.2. The van der Waals surface area contributed by atoms with Gasteiger partial charge in [-0.1, -0.05) is 47.0 Å². The summed E-state index contributed by atoms with van der Waals surface area (Å²) in [7, 11) is 0. The maximum absolute atomic E-state index is 2.73. The monoisotopic (exact) mass is 370 g/mol. The summed E-state index contributed by atoms with van der Waals surface area (Å²) in [5.74, 6) is 8.60. The van der Waals surface area contributed by atoms with Gasteiger partial charge in [0.2, 0.25) is 0 Å². The highest BCUT2D eigenvalue weighted by Gasteiger charge is 2.58. The standard InChI is InChI=1S/C27H46/c1-5-18(2)24-10-11-25-23-9-8-20-17-26(3,16-19-6-7-19)14-12-21(20)22(23)13-15-27(24,25)4/h18-25H,5-17H2,1-4H3/t18-,20-,21?,22-,23-,24-,25+,26-,27-/m1/s1. The molecule has 0 bridgehead atoms. The van der Waals surface area contributed by atoms with Crippen molar-refractivity contribution >= 4 is 0 Å². The third kappa shape index (κ3) is 3.15. The second-order valence-corrected chi connectivity index (χ2v) is 12.8. The van der Waals surface area contributed by atoms with Crippen molar-refractivity contribution in [3.63, 3.8) is 0 Å². The molecule has 0 amide bonds. The molecule has 0 aromatic rings. The van der Waals surface area contributed by atoms with Crippen molar-refractivity contribution in [2.45, 2.75) is 111 Å². The number of hydrogen-bond donors (Lipinski definition) is 0. The molecular formula is C27H46. The Labute approximate surface area is 169 Å². The SMILES string of the molecule is CC[C@@H](C)[C@H]1CC[C@H]2[C@@H]3CC[C@@H]4C[C@@](C)(CC5CC5)CCC4[C@H]3CC[C@]12C. The first-order chi connectivity index (χ1) is 12.9. The fraction of sp³-hybridized carbons (Fsp3) is 1.00. The van der Waals surface area contributed by atoms with Gasteiger partial charge in [-0.15, -0.1) is 0 Å². The lowest BCUT2D eigenvalue weighted by Crippen LogP contribution is -2.50. The molecular weight excluding hydrogens is 324 g/mol. The average molecular weight is 371 g/mol. The van der Waals surface area contributed by atoms with E-state index in [1.807, 2.05) is 0 Å². The smallest absolute Gasteiger partial charge is 0.0264 e. The zero-order valence-electron chi connectivity index (χ0n) is 18.8. The lowest BCUT2D eigenvalue weighted by Gasteiger charge is -2.58. The van der Waals surface area contributed by atoms with Gasteiger partial charge in [0.25, 0.3) is 0 Å². The van der Waals surface area contributed by atoms with Gasteiger partial charge < -0.3 is 0 Å². The first-order valence-electron chi connectivity index (χ1n) is 12.9. The molecule has 0 nitrogen and oxygen atoms in total. The molecule has 0 aromatic carbocycles. The summed E-state index contributed by atoms with van der Waals surface area (Å²) in [6.45, 7) is 10.4. The van der Waals surface area contributed by atoms with Crippen LogP contribution in [0.4, 0.5) is 0 Å². The van der Waals surface area contributed by atoms with Gasteiger partial charge in [0.15, 0.2) is 0 Å². The largest absolute Gasteiger partial charge is 0.0651 e. The average Bonchev–Trinajstić information content (AvgIpc) is 3.38. The van der Waals surface area contributed by atoms with Gasteiger partial charge >= 0.3 is 0 Å². The summed E-state index contributed by atoms with van der Waals surface area (Å²) in [5, 5.41) is 0. The van der Waals surface area contributed by atoms with Crippen LogP contribution >= 0.6 is 0 Å². The van der Waals surface area contributed by atoms with E-state index in [0.717, 1.165) is 47.3 Å². The topological polar surface area (TPSA) is 0 Å². The highest BCUT2D eigenvalue weighted by molar-refractivity contribution is 5.07. The molecule has 0 aliphatic heterocycles. The van der Waals surface area contributed by atoms with Crippen molar-refractivity contribution in [1.29, 1.82) is 0 Å². The Bertz CT molecular complexity index is 546. The molecule has 5 aliphatic rings. The van der Waals surface area contributed by atoms with Crippen LogP contribution in [0.2, 0.25) is 0 Å². The molecule has 5 saturated carbocycles. The molecule has 9 atom stereocenters. The molecule has 154 valence electrons.